The minimum Gasteiger partial charge on any atom is -0.444 e. The number of carbonyl (C=O) groups excluding carboxylic acids is 1. The number of amides is 1. The highest BCUT2D eigenvalue weighted by Gasteiger charge is 2.31. The fourth-order valence-electron chi connectivity index (χ4n) is 2.00. The smallest absolute Gasteiger partial charge is 0.410 e. The molecule has 0 aromatic carbocycles. The van der Waals surface area contributed by atoms with Gasteiger partial charge in [0.25, 0.3) is 0 Å². The first-order valence-electron chi connectivity index (χ1n) is 5.89. The number of hydrogen-bond acceptors (Lipinski definition) is 2. The Kier molecular flexibility index (Phi) is 4.65. The van der Waals surface area contributed by atoms with E-state index in [1.165, 1.54) is 0 Å². The highest BCUT2D eigenvalue weighted by atomic mass is 79.9. The van der Waals surface area contributed by atoms with Crippen molar-refractivity contribution in [2.75, 3.05) is 11.9 Å². The molecule has 2 atom stereocenters. The van der Waals surface area contributed by atoms with Gasteiger partial charge in [0.15, 0.2) is 0 Å². The quantitative estimate of drug-likeness (QED) is 0.693. The van der Waals surface area contributed by atoms with E-state index in [0.717, 1.165) is 24.7 Å². The third-order valence-electron chi connectivity index (χ3n) is 2.83. The number of nitrogens with zero attached hydrogens (tertiary/aromatic N) is 1. The van der Waals surface area contributed by atoms with Crippen LogP contribution in [0.3, 0.4) is 0 Å². The van der Waals surface area contributed by atoms with Crippen molar-refractivity contribution in [3.8, 4) is 0 Å². The predicted octanol–water partition coefficient (Wildman–Crippen LogP) is 3.42. The first kappa shape index (κ1) is 13.8. The van der Waals surface area contributed by atoms with Gasteiger partial charge in [0.2, 0.25) is 0 Å². The molecule has 0 N–H and O–H groups in total. The molecule has 0 radical (unpaired) electrons. The Balaban J connectivity index is 2.52. The topological polar surface area (TPSA) is 29.5 Å². The number of halogens is 1. The lowest BCUT2D eigenvalue weighted by Crippen LogP contribution is -2.47. The molecule has 1 aliphatic heterocycles. The summed E-state index contributed by atoms with van der Waals surface area (Å²) in [4.78, 5) is 13.8. The van der Waals surface area contributed by atoms with E-state index in [2.05, 4.69) is 22.9 Å². The van der Waals surface area contributed by atoms with E-state index >= 15 is 0 Å². The van der Waals surface area contributed by atoms with Gasteiger partial charge in [-0.05, 0) is 46.5 Å². The molecule has 0 saturated carbocycles. The fourth-order valence-corrected chi connectivity index (χ4v) is 2.59. The Morgan fingerprint density at radius 3 is 2.56 bits per heavy atom. The normalized spacial score (nSPS) is 26.7. The zero-order valence-corrected chi connectivity index (χ0v) is 12.2. The van der Waals surface area contributed by atoms with Crippen molar-refractivity contribution in [1.29, 1.82) is 0 Å². The van der Waals surface area contributed by atoms with Crippen LogP contribution in [0.1, 0.15) is 40.5 Å². The molecule has 0 aliphatic carbocycles. The molecule has 4 heteroatoms. The molecule has 0 spiro atoms. The fraction of sp³-hybridized carbons (Fsp3) is 0.917. The van der Waals surface area contributed by atoms with Gasteiger partial charge in [-0.2, -0.15) is 0 Å². The molecule has 3 nitrogen and oxygen atoms in total. The van der Waals surface area contributed by atoms with Gasteiger partial charge in [0.1, 0.15) is 5.60 Å². The van der Waals surface area contributed by atoms with Crippen molar-refractivity contribution >= 4 is 22.0 Å². The summed E-state index contributed by atoms with van der Waals surface area (Å²) in [5.41, 5.74) is -0.400. The van der Waals surface area contributed by atoms with E-state index in [0.29, 0.717) is 5.92 Å². The lowest BCUT2D eigenvalue weighted by molar-refractivity contribution is 0.00830. The van der Waals surface area contributed by atoms with Crippen molar-refractivity contribution in [2.24, 2.45) is 5.92 Å². The Bertz CT molecular complexity index is 250. The summed E-state index contributed by atoms with van der Waals surface area (Å²) >= 11 is 3.51. The van der Waals surface area contributed by atoms with Crippen LogP contribution in [0.5, 0.6) is 0 Å². The zero-order valence-electron chi connectivity index (χ0n) is 10.6. The SMILES string of the molecule is C[C@@H]1C[C@H](CBr)CCN1C(=O)OC(C)(C)C. The molecule has 94 valence electrons. The molecule has 0 unspecified atom stereocenters. The highest BCUT2D eigenvalue weighted by Crippen LogP contribution is 2.25. The Morgan fingerprint density at radius 2 is 2.12 bits per heavy atom. The van der Waals surface area contributed by atoms with E-state index in [1.54, 1.807) is 0 Å². The van der Waals surface area contributed by atoms with Gasteiger partial charge in [-0.15, -0.1) is 0 Å². The van der Waals surface area contributed by atoms with Gasteiger partial charge in [0.05, 0.1) is 0 Å². The van der Waals surface area contributed by atoms with Crippen LogP contribution in [-0.4, -0.2) is 34.5 Å². The van der Waals surface area contributed by atoms with Crippen LogP contribution in [0.25, 0.3) is 0 Å². The Morgan fingerprint density at radius 1 is 1.50 bits per heavy atom. The maximum absolute atomic E-state index is 11.9. The molecule has 0 aromatic heterocycles. The number of ether oxygens (including phenoxy) is 1. The molecule has 1 fully saturated rings. The number of piperidine rings is 1. The van der Waals surface area contributed by atoms with E-state index < -0.39 is 5.60 Å². The summed E-state index contributed by atoms with van der Waals surface area (Å²) in [6.45, 7) is 8.62. The zero-order chi connectivity index (χ0) is 12.3. The molecule has 1 aliphatic rings. The van der Waals surface area contributed by atoms with Gasteiger partial charge < -0.3 is 9.64 Å². The standard InChI is InChI=1S/C12H22BrNO2/c1-9-7-10(8-13)5-6-14(9)11(15)16-12(2,3)4/h9-10H,5-8H2,1-4H3/t9-,10-/m1/s1. The Hall–Kier alpha value is -0.250. The van der Waals surface area contributed by atoms with Crippen LogP contribution in [0.15, 0.2) is 0 Å². The largest absolute Gasteiger partial charge is 0.444 e. The van der Waals surface area contributed by atoms with Crippen molar-refractivity contribution in [3.63, 3.8) is 0 Å². The average Bonchev–Trinajstić information content (AvgIpc) is 2.14. The van der Waals surface area contributed by atoms with Gasteiger partial charge in [-0.25, -0.2) is 4.79 Å². The number of hydrogen-bond donors (Lipinski definition) is 0. The number of likely N-dealkylation sites (tertiary alicyclic amines) is 1. The summed E-state index contributed by atoms with van der Waals surface area (Å²) < 4.78 is 5.39. The van der Waals surface area contributed by atoms with Gasteiger partial charge in [-0.1, -0.05) is 15.9 Å². The summed E-state index contributed by atoms with van der Waals surface area (Å²) in [7, 11) is 0. The van der Waals surface area contributed by atoms with Crippen LogP contribution >= 0.6 is 15.9 Å². The second-order valence-electron chi connectivity index (χ2n) is 5.57. The van der Waals surface area contributed by atoms with Crippen molar-refractivity contribution in [1.82, 2.24) is 4.90 Å². The Labute approximate surface area is 107 Å². The molecule has 0 aromatic rings. The monoisotopic (exact) mass is 291 g/mol. The lowest BCUT2D eigenvalue weighted by Gasteiger charge is -2.37. The van der Waals surface area contributed by atoms with Gasteiger partial charge in [0, 0.05) is 17.9 Å². The van der Waals surface area contributed by atoms with E-state index in [9.17, 15) is 4.79 Å². The minimum absolute atomic E-state index is 0.173. The maximum Gasteiger partial charge on any atom is 0.410 e. The van der Waals surface area contributed by atoms with Crippen LogP contribution in [0.4, 0.5) is 4.79 Å². The predicted molar refractivity (Wildman–Crippen MR) is 68.9 cm³/mol. The molecule has 0 bridgehead atoms. The summed E-state index contributed by atoms with van der Waals surface area (Å²) in [5, 5.41) is 1.03. The van der Waals surface area contributed by atoms with Crippen LogP contribution < -0.4 is 0 Å². The third kappa shape index (κ3) is 3.96. The van der Waals surface area contributed by atoms with E-state index in [1.807, 2.05) is 25.7 Å². The molecule has 16 heavy (non-hydrogen) atoms. The van der Waals surface area contributed by atoms with E-state index in [-0.39, 0.29) is 12.1 Å². The number of carbonyl (C=O) groups is 1. The van der Waals surface area contributed by atoms with Crippen LogP contribution in [-0.2, 0) is 4.74 Å². The summed E-state index contributed by atoms with van der Waals surface area (Å²) in [5.74, 6) is 0.689. The second-order valence-corrected chi connectivity index (χ2v) is 6.21. The molecule has 1 amide bonds. The molecular weight excluding hydrogens is 270 g/mol. The highest BCUT2D eigenvalue weighted by molar-refractivity contribution is 9.09. The van der Waals surface area contributed by atoms with Gasteiger partial charge >= 0.3 is 6.09 Å². The third-order valence-corrected chi connectivity index (χ3v) is 3.75. The van der Waals surface area contributed by atoms with Crippen molar-refractivity contribution in [2.45, 2.75) is 52.2 Å². The molecule has 1 heterocycles. The number of alkyl halides is 1. The van der Waals surface area contributed by atoms with Gasteiger partial charge in [-0.3, -0.25) is 0 Å². The lowest BCUT2D eigenvalue weighted by atomic mass is 9.94. The van der Waals surface area contributed by atoms with Crippen LogP contribution in [0, 0.1) is 5.92 Å². The molecule has 1 rings (SSSR count). The number of rotatable bonds is 1. The molecule has 1 saturated heterocycles. The van der Waals surface area contributed by atoms with Crippen molar-refractivity contribution < 1.29 is 9.53 Å². The second kappa shape index (κ2) is 5.39. The average molecular weight is 292 g/mol. The first-order valence-corrected chi connectivity index (χ1v) is 7.01. The maximum atomic E-state index is 11.9. The molecular formula is C12H22BrNO2. The van der Waals surface area contributed by atoms with Crippen LogP contribution in [0.2, 0.25) is 0 Å². The summed E-state index contributed by atoms with van der Waals surface area (Å²) in [6.07, 6.45) is 1.95. The minimum atomic E-state index is -0.400. The summed E-state index contributed by atoms with van der Waals surface area (Å²) in [6, 6.07) is 0.283. The van der Waals surface area contributed by atoms with E-state index in [4.69, 9.17) is 4.74 Å². The van der Waals surface area contributed by atoms with Crippen molar-refractivity contribution in [3.05, 3.63) is 0 Å². The first-order chi connectivity index (χ1) is 7.33.